The molecular formula is C64H55N6O8PS. The van der Waals surface area contributed by atoms with Gasteiger partial charge in [0.05, 0.1) is 6.61 Å². The number of nitrogens with one attached hydrogen (secondary N) is 1. The molecule has 2 heterocycles. The molecule has 10 rings (SSSR count). The number of thiocarbonyl (C=S) groups is 1. The first kappa shape index (κ1) is 54.4. The molecular weight excluding hydrogens is 1040 g/mol. The first-order valence-corrected chi connectivity index (χ1v) is 28.0. The molecule has 1 aromatic heterocycles. The standard InChI is InChI=1S/C64H55N6O8PS/c1-69-54(66-67-68-69)43-53(80)44-76-63-64(75-2,65-58(71)55(45-27-11-3-12-28-45)60(72)77-56(46-29-13-4-14-30-46)47-31-15-5-16-32-47)62(74)70(63)59(61(73)78-57(48-33-17-6-18-34-48)49-35-19-7-20-36-49)79(50-37-21-8-22-38-50,51-39-23-9-24-40-51)52-41-25-10-26-42-52/h3-42,55-57,63H,43-44H2,1-2H3,(H,65,71). The molecule has 16 heteroatoms. The molecule has 9 aromatic rings. The molecule has 8 aromatic carbocycles. The molecule has 0 aliphatic carbocycles. The van der Waals surface area contributed by atoms with Crippen LogP contribution >= 0.6 is 19.1 Å². The summed E-state index contributed by atoms with van der Waals surface area (Å²) in [5, 5.41) is 16.8. The predicted molar refractivity (Wildman–Crippen MR) is 311 cm³/mol. The van der Waals surface area contributed by atoms with Crippen molar-refractivity contribution in [2.75, 3.05) is 13.7 Å². The highest BCUT2D eigenvalue weighted by molar-refractivity contribution is 7.96. The molecule has 400 valence electrons. The normalized spacial score (nSPS) is 15.4. The lowest BCUT2D eigenvalue weighted by molar-refractivity contribution is -0.243. The summed E-state index contributed by atoms with van der Waals surface area (Å²) in [6, 6.07) is 73.9. The summed E-state index contributed by atoms with van der Waals surface area (Å²) in [4.78, 5) is 64.9. The van der Waals surface area contributed by atoms with E-state index in [9.17, 15) is 0 Å². The van der Waals surface area contributed by atoms with Crippen molar-refractivity contribution >= 4 is 69.1 Å². The highest BCUT2D eigenvalue weighted by Gasteiger charge is 2.68. The number of esters is 2. The number of likely N-dealkylation sites (tertiary alicyclic amines) is 1. The van der Waals surface area contributed by atoms with Crippen molar-refractivity contribution in [2.45, 2.75) is 36.5 Å². The predicted octanol–water partition coefficient (Wildman–Crippen LogP) is 8.34. The summed E-state index contributed by atoms with van der Waals surface area (Å²) < 4.78 is 27.9. The average molecular weight is 1100 g/mol. The number of methoxy groups -OCH3 is 1. The van der Waals surface area contributed by atoms with Gasteiger partial charge in [0, 0.05) is 32.3 Å². The lowest BCUT2D eigenvalue weighted by atomic mass is 9.93. The number of tetrazole rings is 1. The molecule has 0 radical (unpaired) electrons. The first-order chi connectivity index (χ1) is 39.1. The van der Waals surface area contributed by atoms with Gasteiger partial charge in [0.2, 0.25) is 5.91 Å². The van der Waals surface area contributed by atoms with E-state index >= 15 is 19.2 Å². The number of carbonyl (C=O) groups is 4. The van der Waals surface area contributed by atoms with E-state index < -0.39 is 60.7 Å². The molecule has 1 fully saturated rings. The van der Waals surface area contributed by atoms with E-state index in [0.717, 1.165) is 0 Å². The Balaban J connectivity index is 1.17. The Kier molecular flexibility index (Phi) is 16.8. The quantitative estimate of drug-likeness (QED) is 0.0183. The van der Waals surface area contributed by atoms with E-state index in [1.807, 2.05) is 212 Å². The Hall–Kier alpha value is -8.98. The maximum atomic E-state index is 16.5. The minimum Gasteiger partial charge on any atom is -0.452 e. The fourth-order valence-corrected chi connectivity index (χ4v) is 14.6. The molecule has 0 bridgehead atoms. The second kappa shape index (κ2) is 24.8. The van der Waals surface area contributed by atoms with Crippen LogP contribution < -0.4 is 21.2 Å². The minimum atomic E-state index is -3.65. The molecule has 1 saturated heterocycles. The molecule has 3 unspecified atom stereocenters. The van der Waals surface area contributed by atoms with E-state index in [0.29, 0.717) is 48.9 Å². The zero-order valence-corrected chi connectivity index (χ0v) is 45.4. The number of amides is 2. The van der Waals surface area contributed by atoms with E-state index in [2.05, 4.69) is 20.8 Å². The third-order valence-electron chi connectivity index (χ3n) is 13.9. The van der Waals surface area contributed by atoms with Crippen molar-refractivity contribution < 1.29 is 38.1 Å². The summed E-state index contributed by atoms with van der Waals surface area (Å²) in [5.74, 6) is -4.86. The fraction of sp³-hybridized carbons (Fsp3) is 0.141. The maximum Gasteiger partial charge on any atom is 0.357 e. The minimum absolute atomic E-state index is 0.0845. The fourth-order valence-electron chi connectivity index (χ4n) is 10.0. The van der Waals surface area contributed by atoms with Gasteiger partial charge in [-0.15, -0.1) is 5.10 Å². The monoisotopic (exact) mass is 1100 g/mol. The van der Waals surface area contributed by atoms with Crippen molar-refractivity contribution in [2.24, 2.45) is 7.05 Å². The van der Waals surface area contributed by atoms with E-state index in [1.165, 1.54) is 16.7 Å². The third-order valence-corrected chi connectivity index (χ3v) is 18.4. The van der Waals surface area contributed by atoms with Crippen molar-refractivity contribution in [1.82, 2.24) is 30.4 Å². The maximum absolute atomic E-state index is 16.5. The molecule has 1 aliphatic heterocycles. The van der Waals surface area contributed by atoms with Crippen LogP contribution in [0.25, 0.3) is 0 Å². The van der Waals surface area contributed by atoms with E-state index in [-0.39, 0.29) is 24.0 Å². The number of ether oxygens (including phenoxy) is 4. The van der Waals surface area contributed by atoms with Crippen LogP contribution in [0.3, 0.4) is 0 Å². The van der Waals surface area contributed by atoms with Crippen molar-refractivity contribution in [3.05, 3.63) is 276 Å². The van der Waals surface area contributed by atoms with E-state index in [4.69, 9.17) is 31.2 Å². The molecule has 1 N–H and O–H groups in total. The summed E-state index contributed by atoms with van der Waals surface area (Å²) >= 11 is 5.95. The Morgan fingerprint density at radius 3 is 1.36 bits per heavy atom. The second-order valence-electron chi connectivity index (χ2n) is 18.8. The van der Waals surface area contributed by atoms with Crippen LogP contribution in [0.5, 0.6) is 0 Å². The Labute approximate surface area is 468 Å². The largest absolute Gasteiger partial charge is 0.452 e. The van der Waals surface area contributed by atoms with Gasteiger partial charge >= 0.3 is 11.9 Å². The van der Waals surface area contributed by atoms with Crippen LogP contribution in [-0.4, -0.2) is 84.8 Å². The second-order valence-corrected chi connectivity index (χ2v) is 22.7. The Bertz CT molecular complexity index is 3460. The van der Waals surface area contributed by atoms with Gasteiger partial charge in [0.1, 0.15) is 5.42 Å². The van der Waals surface area contributed by atoms with Gasteiger partial charge in [-0.05, 0) is 54.2 Å². The molecule has 80 heavy (non-hydrogen) atoms. The topological polar surface area (TPSA) is 164 Å². The number of aryl methyl sites for hydroxylation is 1. The van der Waals surface area contributed by atoms with Gasteiger partial charge in [-0.1, -0.05) is 255 Å². The number of benzene rings is 8. The van der Waals surface area contributed by atoms with Crippen LogP contribution in [0.15, 0.2) is 243 Å². The van der Waals surface area contributed by atoms with Crippen molar-refractivity contribution in [1.29, 1.82) is 0 Å². The molecule has 3 atom stereocenters. The number of hydrogen-bond acceptors (Lipinski definition) is 12. The van der Waals surface area contributed by atoms with Crippen molar-refractivity contribution in [3.8, 4) is 0 Å². The number of β-lactam (4-membered cyclic amide) rings is 1. The summed E-state index contributed by atoms with van der Waals surface area (Å²) in [5.41, 5.74) is 0.418. The summed E-state index contributed by atoms with van der Waals surface area (Å²) in [6.07, 6.45) is -3.49. The zero-order valence-electron chi connectivity index (χ0n) is 43.7. The smallest absolute Gasteiger partial charge is 0.357 e. The van der Waals surface area contributed by atoms with Gasteiger partial charge in [-0.2, -0.15) is 0 Å². The van der Waals surface area contributed by atoms with Crippen LogP contribution in [0.4, 0.5) is 0 Å². The number of hydrogen-bond donors (Lipinski definition) is 1. The first-order valence-electron chi connectivity index (χ1n) is 25.8. The van der Waals surface area contributed by atoms with E-state index in [1.54, 1.807) is 37.4 Å². The van der Waals surface area contributed by atoms with Gasteiger partial charge in [-0.3, -0.25) is 19.3 Å². The van der Waals surface area contributed by atoms with Crippen LogP contribution in [0.2, 0.25) is 0 Å². The lowest BCUT2D eigenvalue weighted by Crippen LogP contribution is -2.83. The molecule has 14 nitrogen and oxygen atoms in total. The molecule has 0 spiro atoms. The SMILES string of the molecule is COC1(NC(=O)C(C(=O)OC(c2ccccc2)c2ccccc2)c2ccccc2)C(=O)N(C(C(=O)OC(c2ccccc2)c2ccccc2)=P(c2ccccc2)(c2ccccc2)c2ccccc2)C1OCC(=S)Cc1nnnn1C. The molecule has 1 aliphatic rings. The van der Waals surface area contributed by atoms with Crippen LogP contribution in [0, 0.1) is 0 Å². The third kappa shape index (κ3) is 11.0. The van der Waals surface area contributed by atoms with Gasteiger partial charge < -0.3 is 24.3 Å². The highest BCUT2D eigenvalue weighted by Crippen LogP contribution is 2.51. The Morgan fingerprint density at radius 2 is 0.975 bits per heavy atom. The Morgan fingerprint density at radius 1 is 0.588 bits per heavy atom. The number of carbonyl (C=O) groups excluding carboxylic acids is 4. The number of rotatable bonds is 21. The summed E-state index contributed by atoms with van der Waals surface area (Å²) in [6.45, 7) is -3.98. The average Bonchev–Trinajstić information content (AvgIpc) is 4.03. The highest BCUT2D eigenvalue weighted by atomic mass is 32.1. The molecule has 0 saturated carbocycles. The van der Waals surface area contributed by atoms with Crippen LogP contribution in [0.1, 0.15) is 51.8 Å². The van der Waals surface area contributed by atoms with Gasteiger partial charge in [0.25, 0.3) is 11.6 Å². The number of nitrogens with zero attached hydrogens (tertiary/aromatic N) is 5. The molecule has 2 amide bonds. The summed E-state index contributed by atoms with van der Waals surface area (Å²) in [7, 11) is 2.93. The van der Waals surface area contributed by atoms with Gasteiger partial charge in [0.15, 0.2) is 30.2 Å². The number of aromatic nitrogens is 4. The lowest BCUT2D eigenvalue weighted by Gasteiger charge is -2.55. The van der Waals surface area contributed by atoms with Gasteiger partial charge in [-0.25, -0.2) is 9.48 Å². The van der Waals surface area contributed by atoms with Crippen molar-refractivity contribution in [3.63, 3.8) is 0 Å². The zero-order chi connectivity index (χ0) is 55.5. The van der Waals surface area contributed by atoms with Crippen LogP contribution in [-0.2, 0) is 51.6 Å².